The van der Waals surface area contributed by atoms with Crippen molar-refractivity contribution in [3.63, 3.8) is 0 Å². The van der Waals surface area contributed by atoms with Crippen molar-refractivity contribution in [3.8, 4) is 0 Å². The molecule has 0 bridgehead atoms. The zero-order valence-corrected chi connectivity index (χ0v) is 13.7. The quantitative estimate of drug-likeness (QED) is 0.390. The van der Waals surface area contributed by atoms with Crippen molar-refractivity contribution >= 4 is 28.4 Å². The average molecular weight is 314 g/mol. The van der Waals surface area contributed by atoms with E-state index in [0.717, 1.165) is 18.4 Å². The monoisotopic (exact) mass is 314 g/mol. The van der Waals surface area contributed by atoms with E-state index in [1.807, 2.05) is 43.5 Å². The molecule has 0 N–H and O–H groups in total. The van der Waals surface area contributed by atoms with Crippen LogP contribution in [0, 0.1) is 0 Å². The van der Waals surface area contributed by atoms with E-state index in [0.29, 0.717) is 24.4 Å². The molecule has 0 aromatic heterocycles. The van der Waals surface area contributed by atoms with E-state index < -0.39 is 0 Å². The fourth-order valence-corrected chi connectivity index (χ4v) is 2.02. The van der Waals surface area contributed by atoms with E-state index in [1.54, 1.807) is 0 Å². The van der Waals surface area contributed by atoms with E-state index >= 15 is 0 Å². The van der Waals surface area contributed by atoms with Gasteiger partial charge in [0.1, 0.15) is 6.79 Å². The van der Waals surface area contributed by atoms with Gasteiger partial charge in [-0.2, -0.15) is 0 Å². The largest absolute Gasteiger partial charge is 0.476 e. The van der Waals surface area contributed by atoms with Gasteiger partial charge in [-0.05, 0) is 43.8 Å². The summed E-state index contributed by atoms with van der Waals surface area (Å²) in [6.45, 7) is 3.61. The first-order valence-electron chi connectivity index (χ1n) is 6.66. The minimum absolute atomic E-state index is 0.142. The summed E-state index contributed by atoms with van der Waals surface area (Å²) in [5, 5.41) is 0. The maximum Gasteiger partial charge on any atom is 0.219 e. The topological polar surface area (TPSA) is 27.7 Å². The van der Waals surface area contributed by atoms with Crippen LogP contribution in [0.3, 0.4) is 0 Å². The Hall–Kier alpha value is -0.620. The van der Waals surface area contributed by atoms with Crippen molar-refractivity contribution in [2.75, 3.05) is 19.7 Å². The highest BCUT2D eigenvalue weighted by Gasteiger charge is 2.04. The Morgan fingerprint density at radius 1 is 1.25 bits per heavy atom. The third-order valence-electron chi connectivity index (χ3n) is 2.64. The van der Waals surface area contributed by atoms with Crippen LogP contribution in [0.4, 0.5) is 0 Å². The first kappa shape index (κ1) is 17.4. The molecule has 0 saturated heterocycles. The SMILES string of the molecule is CSC(=S)OC(C)CCCOCOCc1ccccc1. The summed E-state index contributed by atoms with van der Waals surface area (Å²) < 4.78 is 16.9. The molecule has 0 heterocycles. The van der Waals surface area contributed by atoms with Crippen molar-refractivity contribution in [2.45, 2.75) is 32.5 Å². The van der Waals surface area contributed by atoms with Crippen LogP contribution >= 0.6 is 24.0 Å². The van der Waals surface area contributed by atoms with Gasteiger partial charge in [-0.15, -0.1) is 0 Å². The van der Waals surface area contributed by atoms with Gasteiger partial charge in [-0.1, -0.05) is 42.1 Å². The van der Waals surface area contributed by atoms with E-state index in [-0.39, 0.29) is 6.10 Å². The molecule has 0 fully saturated rings. The lowest BCUT2D eigenvalue weighted by Crippen LogP contribution is -2.12. The molecular weight excluding hydrogens is 292 g/mol. The van der Waals surface area contributed by atoms with Crippen molar-refractivity contribution < 1.29 is 14.2 Å². The molecule has 0 saturated carbocycles. The second-order valence-corrected chi connectivity index (χ2v) is 5.79. The van der Waals surface area contributed by atoms with Gasteiger partial charge in [0.25, 0.3) is 0 Å². The molecule has 1 atom stereocenters. The summed E-state index contributed by atoms with van der Waals surface area (Å²) >= 11 is 6.46. The second-order valence-electron chi connectivity index (χ2n) is 4.38. The maximum atomic E-state index is 5.49. The Labute approximate surface area is 131 Å². The molecule has 3 nitrogen and oxygen atoms in total. The predicted octanol–water partition coefficient (Wildman–Crippen LogP) is 4.01. The van der Waals surface area contributed by atoms with Gasteiger partial charge in [-0.25, -0.2) is 0 Å². The van der Waals surface area contributed by atoms with Gasteiger partial charge in [-0.3, -0.25) is 0 Å². The zero-order chi connectivity index (χ0) is 14.6. The Bertz CT molecular complexity index is 371. The lowest BCUT2D eigenvalue weighted by Gasteiger charge is -2.13. The highest BCUT2D eigenvalue weighted by molar-refractivity contribution is 8.22. The third kappa shape index (κ3) is 8.53. The van der Waals surface area contributed by atoms with Gasteiger partial charge >= 0.3 is 0 Å². The van der Waals surface area contributed by atoms with Crippen molar-refractivity contribution in [2.24, 2.45) is 0 Å². The van der Waals surface area contributed by atoms with Crippen molar-refractivity contribution in [1.29, 1.82) is 0 Å². The van der Waals surface area contributed by atoms with E-state index in [4.69, 9.17) is 26.4 Å². The summed E-state index contributed by atoms with van der Waals surface area (Å²) in [5.74, 6) is 0. The number of rotatable bonds is 9. The van der Waals surface area contributed by atoms with Gasteiger partial charge in [0.05, 0.1) is 12.7 Å². The van der Waals surface area contributed by atoms with Crippen LogP contribution in [0.25, 0.3) is 0 Å². The standard InChI is InChI=1S/C15H22O3S2/c1-13(18-15(19)20-2)7-6-10-16-12-17-11-14-8-4-3-5-9-14/h3-5,8-9,13H,6-7,10-12H2,1-2H3. The molecule has 5 heteroatoms. The van der Waals surface area contributed by atoms with Gasteiger partial charge in [0, 0.05) is 6.61 Å². The van der Waals surface area contributed by atoms with Crippen LogP contribution in [-0.4, -0.2) is 30.1 Å². The third-order valence-corrected chi connectivity index (χ3v) is 3.67. The fraction of sp³-hybridized carbons (Fsp3) is 0.533. The van der Waals surface area contributed by atoms with E-state index in [1.165, 1.54) is 11.8 Å². The number of hydrogen-bond donors (Lipinski definition) is 0. The molecule has 0 amide bonds. The number of thioether (sulfide) groups is 1. The predicted molar refractivity (Wildman–Crippen MR) is 87.9 cm³/mol. The van der Waals surface area contributed by atoms with Crippen LogP contribution in [-0.2, 0) is 20.8 Å². The van der Waals surface area contributed by atoms with Crippen LogP contribution in [0.15, 0.2) is 30.3 Å². The van der Waals surface area contributed by atoms with E-state index in [9.17, 15) is 0 Å². The normalized spacial score (nSPS) is 12.1. The van der Waals surface area contributed by atoms with Crippen LogP contribution in [0.2, 0.25) is 0 Å². The molecule has 0 aliphatic heterocycles. The number of ether oxygens (including phenoxy) is 3. The molecule has 0 spiro atoms. The smallest absolute Gasteiger partial charge is 0.219 e. The summed E-state index contributed by atoms with van der Waals surface area (Å²) in [5.41, 5.74) is 1.16. The first-order chi connectivity index (χ1) is 9.72. The Kier molecular flexibility index (Phi) is 9.66. The molecule has 0 radical (unpaired) electrons. The average Bonchev–Trinajstić information content (AvgIpc) is 2.47. The highest BCUT2D eigenvalue weighted by Crippen LogP contribution is 2.08. The molecule has 1 rings (SSSR count). The summed E-state index contributed by atoms with van der Waals surface area (Å²) in [4.78, 5) is 0. The lowest BCUT2D eigenvalue weighted by molar-refractivity contribution is -0.0633. The number of benzene rings is 1. The molecule has 0 aliphatic carbocycles. The van der Waals surface area contributed by atoms with Crippen LogP contribution in [0.1, 0.15) is 25.3 Å². The molecule has 20 heavy (non-hydrogen) atoms. The summed E-state index contributed by atoms with van der Waals surface area (Å²) in [6.07, 6.45) is 3.93. The molecule has 1 aromatic rings. The molecule has 112 valence electrons. The van der Waals surface area contributed by atoms with Gasteiger partial charge in [0.15, 0.2) is 0 Å². The molecular formula is C15H22O3S2. The minimum atomic E-state index is 0.142. The van der Waals surface area contributed by atoms with Crippen LogP contribution < -0.4 is 0 Å². The van der Waals surface area contributed by atoms with Crippen molar-refractivity contribution in [3.05, 3.63) is 35.9 Å². The second kappa shape index (κ2) is 11.1. The van der Waals surface area contributed by atoms with Crippen molar-refractivity contribution in [1.82, 2.24) is 0 Å². The molecule has 1 aromatic carbocycles. The molecule has 1 unspecified atom stereocenters. The van der Waals surface area contributed by atoms with Gasteiger partial charge < -0.3 is 14.2 Å². The highest BCUT2D eigenvalue weighted by atomic mass is 32.2. The van der Waals surface area contributed by atoms with E-state index in [2.05, 4.69) is 0 Å². The molecule has 0 aliphatic rings. The lowest BCUT2D eigenvalue weighted by atomic mass is 10.2. The number of thiocarbonyl (C=S) groups is 1. The maximum absolute atomic E-state index is 5.49. The fourth-order valence-electron chi connectivity index (χ4n) is 1.60. The Morgan fingerprint density at radius 2 is 2.00 bits per heavy atom. The zero-order valence-electron chi connectivity index (χ0n) is 12.0. The first-order valence-corrected chi connectivity index (χ1v) is 8.29. The van der Waals surface area contributed by atoms with Crippen LogP contribution in [0.5, 0.6) is 0 Å². The number of hydrogen-bond acceptors (Lipinski definition) is 5. The summed E-state index contributed by atoms with van der Waals surface area (Å²) in [6, 6.07) is 10.1. The Balaban J connectivity index is 1.93. The minimum Gasteiger partial charge on any atom is -0.476 e. The van der Waals surface area contributed by atoms with Gasteiger partial charge in [0.2, 0.25) is 4.38 Å². The summed E-state index contributed by atoms with van der Waals surface area (Å²) in [7, 11) is 0. The Morgan fingerprint density at radius 3 is 2.70 bits per heavy atom.